The van der Waals surface area contributed by atoms with Gasteiger partial charge in [-0.05, 0) is 24.6 Å². The number of hydrogen-bond acceptors (Lipinski definition) is 4. The molecule has 1 aliphatic rings. The van der Waals surface area contributed by atoms with E-state index in [0.29, 0.717) is 6.04 Å². The van der Waals surface area contributed by atoms with E-state index in [1.165, 1.54) is 5.56 Å². The molecule has 4 nitrogen and oxygen atoms in total. The zero-order valence-electron chi connectivity index (χ0n) is 9.76. The highest BCUT2D eigenvalue weighted by Crippen LogP contribution is 2.17. The highest BCUT2D eigenvalue weighted by molar-refractivity contribution is 5.16. The van der Waals surface area contributed by atoms with Gasteiger partial charge in [-0.2, -0.15) is 0 Å². The number of hydrogen-bond donors (Lipinski definition) is 2. The molecule has 0 aromatic carbocycles. The molecule has 0 saturated carbocycles. The number of rotatable bonds is 3. The van der Waals surface area contributed by atoms with Crippen LogP contribution in [-0.4, -0.2) is 42.1 Å². The molecule has 3 N–H and O–H groups in total. The minimum absolute atomic E-state index is 0.0705. The van der Waals surface area contributed by atoms with Crippen LogP contribution < -0.4 is 11.1 Å². The first kappa shape index (κ1) is 11.5. The lowest BCUT2D eigenvalue weighted by Crippen LogP contribution is -2.50. The normalized spacial score (nSPS) is 21.6. The van der Waals surface area contributed by atoms with Gasteiger partial charge in [0.15, 0.2) is 0 Å². The predicted octanol–water partition coefficient (Wildman–Crippen LogP) is 0.375. The second-order valence-corrected chi connectivity index (χ2v) is 4.33. The Morgan fingerprint density at radius 3 is 2.56 bits per heavy atom. The fourth-order valence-corrected chi connectivity index (χ4v) is 2.18. The van der Waals surface area contributed by atoms with Crippen LogP contribution in [0.5, 0.6) is 0 Å². The zero-order valence-corrected chi connectivity index (χ0v) is 9.76. The molecule has 88 valence electrons. The van der Waals surface area contributed by atoms with Crippen LogP contribution in [0.15, 0.2) is 24.5 Å². The van der Waals surface area contributed by atoms with Crippen molar-refractivity contribution in [1.29, 1.82) is 0 Å². The summed E-state index contributed by atoms with van der Waals surface area (Å²) in [7, 11) is 0. The molecule has 1 aromatic heterocycles. The van der Waals surface area contributed by atoms with Gasteiger partial charge in [-0.25, -0.2) is 0 Å². The standard InChI is InChI=1S/C12H20N4/c1-10(16-8-6-15-7-9-16)12(13)11-2-4-14-5-3-11/h2-5,10,12,15H,6-9,13H2,1H3. The van der Waals surface area contributed by atoms with Crippen LogP contribution in [0.2, 0.25) is 0 Å². The third kappa shape index (κ3) is 2.58. The molecule has 0 bridgehead atoms. The first-order chi connectivity index (χ1) is 7.79. The Morgan fingerprint density at radius 1 is 1.31 bits per heavy atom. The highest BCUT2D eigenvalue weighted by Gasteiger charge is 2.22. The molecule has 0 aliphatic carbocycles. The predicted molar refractivity (Wildman–Crippen MR) is 65.1 cm³/mol. The van der Waals surface area contributed by atoms with E-state index in [1.54, 1.807) is 12.4 Å². The van der Waals surface area contributed by atoms with Gasteiger partial charge in [-0.1, -0.05) is 0 Å². The summed E-state index contributed by atoms with van der Waals surface area (Å²) in [6.07, 6.45) is 3.61. The van der Waals surface area contributed by atoms with E-state index in [1.807, 2.05) is 12.1 Å². The number of piperazine rings is 1. The lowest BCUT2D eigenvalue weighted by atomic mass is 10.0. The van der Waals surface area contributed by atoms with Crippen LogP contribution in [0.4, 0.5) is 0 Å². The van der Waals surface area contributed by atoms with Crippen molar-refractivity contribution >= 4 is 0 Å². The number of nitrogens with two attached hydrogens (primary N) is 1. The first-order valence-electron chi connectivity index (χ1n) is 5.89. The Balaban J connectivity index is 2.00. The Bertz CT molecular complexity index is 308. The second kappa shape index (κ2) is 5.39. The van der Waals surface area contributed by atoms with Crippen molar-refractivity contribution in [2.75, 3.05) is 26.2 Å². The zero-order chi connectivity index (χ0) is 11.4. The van der Waals surface area contributed by atoms with Crippen molar-refractivity contribution in [2.45, 2.75) is 19.0 Å². The summed E-state index contributed by atoms with van der Waals surface area (Å²) < 4.78 is 0. The first-order valence-corrected chi connectivity index (χ1v) is 5.89. The fourth-order valence-electron chi connectivity index (χ4n) is 2.18. The third-order valence-corrected chi connectivity index (χ3v) is 3.34. The molecule has 0 spiro atoms. The largest absolute Gasteiger partial charge is 0.323 e. The monoisotopic (exact) mass is 220 g/mol. The quantitative estimate of drug-likeness (QED) is 0.773. The summed E-state index contributed by atoms with van der Waals surface area (Å²) in [5.41, 5.74) is 7.45. The van der Waals surface area contributed by atoms with Crippen molar-refractivity contribution in [3.8, 4) is 0 Å². The molecular weight excluding hydrogens is 200 g/mol. The molecule has 0 radical (unpaired) electrons. The van der Waals surface area contributed by atoms with Crippen LogP contribution in [0.3, 0.4) is 0 Å². The topological polar surface area (TPSA) is 54.2 Å². The van der Waals surface area contributed by atoms with Crippen LogP contribution >= 0.6 is 0 Å². The second-order valence-electron chi connectivity index (χ2n) is 4.33. The summed E-state index contributed by atoms with van der Waals surface area (Å²) in [4.78, 5) is 6.47. The average Bonchev–Trinajstić information content (AvgIpc) is 2.39. The lowest BCUT2D eigenvalue weighted by molar-refractivity contribution is 0.163. The average molecular weight is 220 g/mol. The van der Waals surface area contributed by atoms with E-state index in [0.717, 1.165) is 26.2 Å². The van der Waals surface area contributed by atoms with Gasteiger partial charge < -0.3 is 11.1 Å². The summed E-state index contributed by atoms with van der Waals surface area (Å²) in [6.45, 7) is 6.50. The molecular formula is C12H20N4. The highest BCUT2D eigenvalue weighted by atomic mass is 15.2. The fraction of sp³-hybridized carbons (Fsp3) is 0.583. The minimum atomic E-state index is 0.0705. The van der Waals surface area contributed by atoms with Gasteiger partial charge in [0, 0.05) is 50.7 Å². The SMILES string of the molecule is CC(C(N)c1ccncc1)N1CCNCC1. The Morgan fingerprint density at radius 2 is 1.94 bits per heavy atom. The number of nitrogens with one attached hydrogen (secondary N) is 1. The van der Waals surface area contributed by atoms with Crippen LogP contribution in [0.25, 0.3) is 0 Å². The molecule has 1 saturated heterocycles. The van der Waals surface area contributed by atoms with Crippen molar-refractivity contribution in [2.24, 2.45) is 5.73 Å². The molecule has 2 unspecified atom stereocenters. The maximum atomic E-state index is 6.28. The van der Waals surface area contributed by atoms with Crippen molar-refractivity contribution in [3.63, 3.8) is 0 Å². The van der Waals surface area contributed by atoms with Crippen molar-refractivity contribution < 1.29 is 0 Å². The Hall–Kier alpha value is -0.970. The molecule has 4 heteroatoms. The van der Waals surface area contributed by atoms with Gasteiger partial charge in [0.25, 0.3) is 0 Å². The van der Waals surface area contributed by atoms with Crippen LogP contribution in [0.1, 0.15) is 18.5 Å². The molecule has 1 aliphatic heterocycles. The van der Waals surface area contributed by atoms with Crippen molar-refractivity contribution in [3.05, 3.63) is 30.1 Å². The smallest absolute Gasteiger partial charge is 0.0451 e. The summed E-state index contributed by atoms with van der Waals surface area (Å²) in [6, 6.07) is 4.46. The molecule has 0 amide bonds. The molecule has 1 fully saturated rings. The number of pyridine rings is 1. The van der Waals surface area contributed by atoms with Gasteiger partial charge in [0.05, 0.1) is 0 Å². The van der Waals surface area contributed by atoms with Gasteiger partial charge in [0.1, 0.15) is 0 Å². The minimum Gasteiger partial charge on any atom is -0.323 e. The molecule has 1 aromatic rings. The van der Waals surface area contributed by atoms with E-state index < -0.39 is 0 Å². The number of aromatic nitrogens is 1. The Kier molecular flexibility index (Phi) is 3.88. The molecule has 16 heavy (non-hydrogen) atoms. The summed E-state index contributed by atoms with van der Waals surface area (Å²) >= 11 is 0. The van der Waals surface area contributed by atoms with Crippen LogP contribution in [-0.2, 0) is 0 Å². The summed E-state index contributed by atoms with van der Waals surface area (Å²) in [5.74, 6) is 0. The maximum Gasteiger partial charge on any atom is 0.0451 e. The summed E-state index contributed by atoms with van der Waals surface area (Å²) in [5, 5.41) is 3.36. The van der Waals surface area contributed by atoms with Crippen molar-refractivity contribution in [1.82, 2.24) is 15.2 Å². The van der Waals surface area contributed by atoms with Gasteiger partial charge in [-0.15, -0.1) is 0 Å². The third-order valence-electron chi connectivity index (χ3n) is 3.34. The van der Waals surface area contributed by atoms with E-state index in [2.05, 4.69) is 22.1 Å². The van der Waals surface area contributed by atoms with Crippen LogP contribution in [0, 0.1) is 0 Å². The lowest BCUT2D eigenvalue weighted by Gasteiger charge is -2.36. The molecule has 2 rings (SSSR count). The molecule has 2 heterocycles. The molecule has 2 atom stereocenters. The maximum absolute atomic E-state index is 6.28. The van der Waals surface area contributed by atoms with E-state index in [9.17, 15) is 0 Å². The Labute approximate surface area is 96.8 Å². The van der Waals surface area contributed by atoms with Gasteiger partial charge in [-0.3, -0.25) is 9.88 Å². The van der Waals surface area contributed by atoms with Gasteiger partial charge in [0.2, 0.25) is 0 Å². The van der Waals surface area contributed by atoms with E-state index in [-0.39, 0.29) is 6.04 Å². The number of nitrogens with zero attached hydrogens (tertiary/aromatic N) is 2. The van der Waals surface area contributed by atoms with E-state index >= 15 is 0 Å². The van der Waals surface area contributed by atoms with Gasteiger partial charge >= 0.3 is 0 Å². The van der Waals surface area contributed by atoms with E-state index in [4.69, 9.17) is 5.73 Å².